The third kappa shape index (κ3) is 7.20. The van der Waals surface area contributed by atoms with Crippen LogP contribution in [0.1, 0.15) is 19.3 Å². The van der Waals surface area contributed by atoms with Gasteiger partial charge in [-0.05, 0) is 25.2 Å². The van der Waals surface area contributed by atoms with Gasteiger partial charge in [0.2, 0.25) is 0 Å². The molecule has 0 aromatic carbocycles. The number of allylic oxidation sites excluding steroid dienone is 2. The van der Waals surface area contributed by atoms with E-state index in [4.69, 9.17) is 5.11 Å². The lowest BCUT2D eigenvalue weighted by atomic mass is 9.94. The molecular formula is C12H18N2O5. The van der Waals surface area contributed by atoms with Crippen LogP contribution in [-0.4, -0.2) is 42.8 Å². The molecule has 1 rings (SSSR count). The van der Waals surface area contributed by atoms with Gasteiger partial charge in [0, 0.05) is 6.54 Å². The SMILES string of the molecule is O=C(O)COCC(=O)NC(=O)NCC1CC=CCC1. The lowest BCUT2D eigenvalue weighted by Crippen LogP contribution is -2.43. The standard InChI is InChI=1S/C12H18N2O5/c15-10(7-19-8-11(16)17)14-12(18)13-6-9-4-2-1-3-5-9/h1-2,9H,3-8H2,(H,16,17)(H2,13,14,15,18). The van der Waals surface area contributed by atoms with Crippen LogP contribution in [0.5, 0.6) is 0 Å². The van der Waals surface area contributed by atoms with Crippen molar-refractivity contribution in [3.8, 4) is 0 Å². The van der Waals surface area contributed by atoms with Gasteiger partial charge in [0.15, 0.2) is 0 Å². The van der Waals surface area contributed by atoms with Gasteiger partial charge in [-0.15, -0.1) is 0 Å². The Morgan fingerprint density at radius 1 is 1.26 bits per heavy atom. The van der Waals surface area contributed by atoms with Crippen LogP contribution in [0.3, 0.4) is 0 Å². The fourth-order valence-corrected chi connectivity index (χ4v) is 1.72. The first-order chi connectivity index (χ1) is 9.08. The minimum absolute atomic E-state index is 0.397. The molecule has 19 heavy (non-hydrogen) atoms. The van der Waals surface area contributed by atoms with E-state index in [0.717, 1.165) is 19.3 Å². The molecule has 0 aromatic heterocycles. The molecule has 1 aliphatic carbocycles. The zero-order valence-electron chi connectivity index (χ0n) is 10.6. The summed E-state index contributed by atoms with van der Waals surface area (Å²) in [5.41, 5.74) is 0. The van der Waals surface area contributed by atoms with Crippen molar-refractivity contribution in [1.29, 1.82) is 0 Å². The maximum absolute atomic E-state index is 11.4. The summed E-state index contributed by atoms with van der Waals surface area (Å²) >= 11 is 0. The smallest absolute Gasteiger partial charge is 0.329 e. The Bertz CT molecular complexity index is 367. The second-order valence-electron chi connectivity index (χ2n) is 4.30. The number of urea groups is 1. The highest BCUT2D eigenvalue weighted by Gasteiger charge is 2.13. The lowest BCUT2D eigenvalue weighted by molar-refractivity contribution is -0.143. The van der Waals surface area contributed by atoms with Crippen molar-refractivity contribution in [2.24, 2.45) is 5.92 Å². The summed E-state index contributed by atoms with van der Waals surface area (Å²) in [5.74, 6) is -1.43. The molecule has 0 spiro atoms. The first-order valence-electron chi connectivity index (χ1n) is 6.10. The molecule has 0 radical (unpaired) electrons. The highest BCUT2D eigenvalue weighted by atomic mass is 16.5. The Balaban J connectivity index is 2.10. The van der Waals surface area contributed by atoms with E-state index < -0.39 is 31.1 Å². The normalized spacial score (nSPS) is 17.8. The summed E-state index contributed by atoms with van der Waals surface area (Å²) in [5, 5.41) is 13.0. The molecule has 0 aromatic rings. The molecule has 0 saturated heterocycles. The molecule has 0 saturated carbocycles. The van der Waals surface area contributed by atoms with Crippen molar-refractivity contribution >= 4 is 17.9 Å². The monoisotopic (exact) mass is 270 g/mol. The van der Waals surface area contributed by atoms with Crippen LogP contribution < -0.4 is 10.6 Å². The minimum atomic E-state index is -1.16. The Morgan fingerprint density at radius 3 is 2.68 bits per heavy atom. The molecule has 7 heteroatoms. The number of rotatable bonds is 6. The maximum atomic E-state index is 11.4. The molecule has 0 aliphatic heterocycles. The number of ether oxygens (including phenoxy) is 1. The third-order valence-corrected chi connectivity index (χ3v) is 2.64. The molecule has 1 unspecified atom stereocenters. The zero-order chi connectivity index (χ0) is 14.1. The van der Waals surface area contributed by atoms with Crippen LogP contribution in [0.25, 0.3) is 0 Å². The molecule has 0 bridgehead atoms. The molecular weight excluding hydrogens is 252 g/mol. The van der Waals surface area contributed by atoms with Gasteiger partial charge in [0.05, 0.1) is 0 Å². The first-order valence-corrected chi connectivity index (χ1v) is 6.10. The average molecular weight is 270 g/mol. The quantitative estimate of drug-likeness (QED) is 0.601. The van der Waals surface area contributed by atoms with E-state index in [1.807, 2.05) is 0 Å². The van der Waals surface area contributed by atoms with Gasteiger partial charge in [-0.25, -0.2) is 9.59 Å². The molecule has 0 fully saturated rings. The number of hydrogen-bond acceptors (Lipinski definition) is 4. The van der Waals surface area contributed by atoms with Crippen molar-refractivity contribution in [3.05, 3.63) is 12.2 Å². The molecule has 3 N–H and O–H groups in total. The van der Waals surface area contributed by atoms with Crippen LogP contribution >= 0.6 is 0 Å². The summed E-state index contributed by atoms with van der Waals surface area (Å²) in [4.78, 5) is 32.7. The molecule has 1 atom stereocenters. The zero-order valence-corrected chi connectivity index (χ0v) is 10.6. The molecule has 3 amide bonds. The third-order valence-electron chi connectivity index (χ3n) is 2.64. The van der Waals surface area contributed by atoms with Crippen LogP contribution in [0.2, 0.25) is 0 Å². The Morgan fingerprint density at radius 2 is 2.05 bits per heavy atom. The number of carboxylic acid groups (broad SMARTS) is 1. The molecule has 1 aliphatic rings. The number of nitrogens with one attached hydrogen (secondary N) is 2. The van der Waals surface area contributed by atoms with E-state index in [2.05, 4.69) is 27.5 Å². The Kier molecular flexibility index (Phi) is 6.59. The summed E-state index contributed by atoms with van der Waals surface area (Å²) in [6, 6.07) is -0.585. The van der Waals surface area contributed by atoms with Crippen molar-refractivity contribution < 1.29 is 24.2 Å². The van der Waals surface area contributed by atoms with Crippen LogP contribution in [0.15, 0.2) is 12.2 Å². The van der Waals surface area contributed by atoms with Crippen molar-refractivity contribution in [2.45, 2.75) is 19.3 Å². The topological polar surface area (TPSA) is 105 Å². The highest BCUT2D eigenvalue weighted by molar-refractivity contribution is 5.94. The highest BCUT2D eigenvalue weighted by Crippen LogP contribution is 2.16. The number of carbonyl (C=O) groups excluding carboxylic acids is 2. The van der Waals surface area contributed by atoms with Gasteiger partial charge in [-0.2, -0.15) is 0 Å². The van der Waals surface area contributed by atoms with Crippen molar-refractivity contribution in [2.75, 3.05) is 19.8 Å². The molecule has 0 heterocycles. The van der Waals surface area contributed by atoms with E-state index in [0.29, 0.717) is 12.5 Å². The largest absolute Gasteiger partial charge is 0.480 e. The summed E-state index contributed by atoms with van der Waals surface area (Å²) in [6.07, 6.45) is 7.15. The second-order valence-corrected chi connectivity index (χ2v) is 4.30. The molecule has 7 nitrogen and oxygen atoms in total. The number of hydrogen-bond donors (Lipinski definition) is 3. The van der Waals surface area contributed by atoms with Crippen LogP contribution in [0, 0.1) is 5.92 Å². The van der Waals surface area contributed by atoms with Gasteiger partial charge in [0.1, 0.15) is 13.2 Å². The summed E-state index contributed by atoms with van der Waals surface area (Å²) in [7, 11) is 0. The van der Waals surface area contributed by atoms with Gasteiger partial charge >= 0.3 is 12.0 Å². The van der Waals surface area contributed by atoms with Gasteiger partial charge in [0.25, 0.3) is 5.91 Å². The number of carbonyl (C=O) groups is 3. The van der Waals surface area contributed by atoms with Crippen molar-refractivity contribution in [3.63, 3.8) is 0 Å². The average Bonchev–Trinajstić information content (AvgIpc) is 2.37. The van der Waals surface area contributed by atoms with Gasteiger partial charge in [-0.1, -0.05) is 12.2 Å². The second kappa shape index (κ2) is 8.25. The van der Waals surface area contributed by atoms with Crippen molar-refractivity contribution in [1.82, 2.24) is 10.6 Å². The maximum Gasteiger partial charge on any atom is 0.329 e. The predicted molar refractivity (Wildman–Crippen MR) is 66.5 cm³/mol. The van der Waals surface area contributed by atoms with E-state index >= 15 is 0 Å². The minimum Gasteiger partial charge on any atom is -0.480 e. The Hall–Kier alpha value is -1.89. The van der Waals surface area contributed by atoms with Crippen LogP contribution in [-0.2, 0) is 14.3 Å². The fourth-order valence-electron chi connectivity index (χ4n) is 1.72. The number of aliphatic carboxylic acids is 1. The van der Waals surface area contributed by atoms with E-state index in [1.54, 1.807) is 0 Å². The van der Waals surface area contributed by atoms with E-state index in [9.17, 15) is 14.4 Å². The van der Waals surface area contributed by atoms with Crippen LogP contribution in [0.4, 0.5) is 4.79 Å². The summed E-state index contributed by atoms with van der Waals surface area (Å²) in [6.45, 7) is -0.505. The molecule has 106 valence electrons. The Labute approximate surface area is 111 Å². The fraction of sp³-hybridized carbons (Fsp3) is 0.583. The number of amides is 3. The number of imide groups is 1. The predicted octanol–water partition coefficient (Wildman–Crippen LogP) is 0.270. The van der Waals surface area contributed by atoms with E-state index in [1.165, 1.54) is 0 Å². The first kappa shape index (κ1) is 15.2. The van der Waals surface area contributed by atoms with E-state index in [-0.39, 0.29) is 0 Å². The lowest BCUT2D eigenvalue weighted by Gasteiger charge is -2.18. The van der Waals surface area contributed by atoms with Gasteiger partial charge in [-0.3, -0.25) is 10.1 Å². The number of carboxylic acids is 1. The summed E-state index contributed by atoms with van der Waals surface area (Å²) < 4.78 is 4.55. The van der Waals surface area contributed by atoms with Gasteiger partial charge < -0.3 is 15.2 Å².